The number of aromatic nitrogens is 1. The van der Waals surface area contributed by atoms with Crippen molar-refractivity contribution >= 4 is 39.2 Å². The lowest BCUT2D eigenvalue weighted by Gasteiger charge is -2.22. The molecule has 0 bridgehead atoms. The molecule has 102 valence electrons. The fraction of sp³-hybridized carbons (Fsp3) is 0.500. The second-order valence-electron chi connectivity index (χ2n) is 4.33. The molecule has 1 heterocycles. The molecule has 1 aromatic rings. The average Bonchev–Trinajstić information content (AvgIpc) is 2.30. The van der Waals surface area contributed by atoms with E-state index in [-0.39, 0.29) is 20.5 Å². The number of sulfonamides is 1. The molecule has 0 atom stereocenters. The van der Waals surface area contributed by atoms with Crippen LogP contribution in [0.4, 0.5) is 5.82 Å². The van der Waals surface area contributed by atoms with E-state index < -0.39 is 10.0 Å². The summed E-state index contributed by atoms with van der Waals surface area (Å²) in [5.74, 6) is 0.111. The van der Waals surface area contributed by atoms with Crippen molar-refractivity contribution in [2.24, 2.45) is 0 Å². The lowest BCUT2D eigenvalue weighted by molar-refractivity contribution is 0.570. The molecular weight excluding hydrogens is 294 g/mol. The second kappa shape index (κ2) is 5.64. The topological polar surface area (TPSA) is 85.1 Å². The standard InChI is InChI=1S/C10H16ClN3O2S2/c1-10(2,17-3)6-14-18(15,16)7-4-8(11)9(12)13-5-7/h4-5,14H,6H2,1-3H3,(H2,12,13). The molecule has 0 spiro atoms. The van der Waals surface area contributed by atoms with Crippen LogP contribution in [0.5, 0.6) is 0 Å². The zero-order chi connectivity index (χ0) is 14.0. The summed E-state index contributed by atoms with van der Waals surface area (Å²) in [7, 11) is -3.61. The summed E-state index contributed by atoms with van der Waals surface area (Å²) >= 11 is 7.33. The van der Waals surface area contributed by atoms with Crippen molar-refractivity contribution in [2.75, 3.05) is 18.5 Å². The van der Waals surface area contributed by atoms with E-state index in [0.29, 0.717) is 6.54 Å². The minimum Gasteiger partial charge on any atom is -0.382 e. The number of thioether (sulfide) groups is 1. The third-order valence-electron chi connectivity index (χ3n) is 2.40. The molecule has 3 N–H and O–H groups in total. The van der Waals surface area contributed by atoms with Gasteiger partial charge in [-0.2, -0.15) is 11.8 Å². The smallest absolute Gasteiger partial charge is 0.242 e. The molecule has 0 aromatic carbocycles. The quantitative estimate of drug-likeness (QED) is 0.865. The maximum Gasteiger partial charge on any atom is 0.242 e. The highest BCUT2D eigenvalue weighted by atomic mass is 35.5. The van der Waals surface area contributed by atoms with Gasteiger partial charge in [0.2, 0.25) is 10.0 Å². The van der Waals surface area contributed by atoms with E-state index in [1.807, 2.05) is 20.1 Å². The Balaban J connectivity index is 2.90. The monoisotopic (exact) mass is 309 g/mol. The van der Waals surface area contributed by atoms with E-state index in [1.165, 1.54) is 12.3 Å². The second-order valence-corrected chi connectivity index (χ2v) is 8.01. The highest BCUT2D eigenvalue weighted by molar-refractivity contribution is 8.00. The fourth-order valence-corrected chi connectivity index (χ4v) is 2.72. The number of hydrogen-bond donors (Lipinski definition) is 2. The summed E-state index contributed by atoms with van der Waals surface area (Å²) in [5.41, 5.74) is 5.44. The molecule has 0 fully saturated rings. The summed E-state index contributed by atoms with van der Waals surface area (Å²) < 4.78 is 26.3. The van der Waals surface area contributed by atoms with Crippen LogP contribution in [0.25, 0.3) is 0 Å². The molecule has 0 saturated carbocycles. The van der Waals surface area contributed by atoms with E-state index in [0.717, 1.165) is 0 Å². The number of anilines is 1. The Hall–Kier alpha value is -0.500. The molecule has 0 radical (unpaired) electrons. The van der Waals surface area contributed by atoms with Gasteiger partial charge in [-0.1, -0.05) is 11.6 Å². The molecule has 8 heteroatoms. The number of rotatable bonds is 5. The molecule has 5 nitrogen and oxygen atoms in total. The number of pyridine rings is 1. The van der Waals surface area contributed by atoms with E-state index >= 15 is 0 Å². The number of nitrogens with two attached hydrogens (primary N) is 1. The van der Waals surface area contributed by atoms with Crippen LogP contribution >= 0.6 is 23.4 Å². The van der Waals surface area contributed by atoms with Crippen molar-refractivity contribution in [3.63, 3.8) is 0 Å². The molecule has 0 aliphatic carbocycles. The maximum absolute atomic E-state index is 12.0. The lowest BCUT2D eigenvalue weighted by Crippen LogP contribution is -2.36. The molecule has 1 rings (SSSR count). The zero-order valence-corrected chi connectivity index (χ0v) is 12.8. The van der Waals surface area contributed by atoms with Crippen molar-refractivity contribution < 1.29 is 8.42 Å². The third kappa shape index (κ3) is 4.01. The van der Waals surface area contributed by atoms with Gasteiger partial charge in [0.1, 0.15) is 10.7 Å². The first-order chi connectivity index (χ1) is 8.18. The molecule has 0 saturated heterocycles. The van der Waals surface area contributed by atoms with Gasteiger partial charge in [-0.15, -0.1) is 0 Å². The number of nitrogens with one attached hydrogen (secondary N) is 1. The number of hydrogen-bond acceptors (Lipinski definition) is 5. The Morgan fingerprint density at radius 2 is 2.17 bits per heavy atom. The minimum absolute atomic E-state index is 0.0126. The van der Waals surface area contributed by atoms with Crippen LogP contribution < -0.4 is 10.5 Å². The normalized spacial score (nSPS) is 12.7. The van der Waals surface area contributed by atoms with Crippen LogP contribution in [0.1, 0.15) is 13.8 Å². The van der Waals surface area contributed by atoms with Gasteiger partial charge in [0.05, 0.1) is 5.02 Å². The molecule has 0 aliphatic heterocycles. The lowest BCUT2D eigenvalue weighted by atomic mass is 10.2. The van der Waals surface area contributed by atoms with Crippen molar-refractivity contribution in [3.8, 4) is 0 Å². The first-order valence-electron chi connectivity index (χ1n) is 5.14. The summed E-state index contributed by atoms with van der Waals surface area (Å²) in [4.78, 5) is 3.74. The molecule has 0 aliphatic rings. The van der Waals surface area contributed by atoms with Crippen molar-refractivity contribution in [2.45, 2.75) is 23.5 Å². The van der Waals surface area contributed by atoms with Crippen LogP contribution in [0.15, 0.2) is 17.2 Å². The van der Waals surface area contributed by atoms with E-state index in [2.05, 4.69) is 9.71 Å². The number of nitrogen functional groups attached to an aromatic ring is 1. The Morgan fingerprint density at radius 1 is 1.56 bits per heavy atom. The summed E-state index contributed by atoms with van der Waals surface area (Å²) in [6.45, 7) is 4.22. The molecule has 18 heavy (non-hydrogen) atoms. The van der Waals surface area contributed by atoms with Crippen LogP contribution in [0.2, 0.25) is 5.02 Å². The van der Waals surface area contributed by atoms with Gasteiger partial charge in [-0.25, -0.2) is 18.1 Å². The molecule has 1 aromatic heterocycles. The predicted molar refractivity (Wildman–Crippen MR) is 76.4 cm³/mol. The van der Waals surface area contributed by atoms with E-state index in [4.69, 9.17) is 17.3 Å². The zero-order valence-electron chi connectivity index (χ0n) is 10.4. The van der Waals surface area contributed by atoms with Crippen molar-refractivity contribution in [1.29, 1.82) is 0 Å². The summed E-state index contributed by atoms with van der Waals surface area (Å²) in [6.07, 6.45) is 3.12. The van der Waals surface area contributed by atoms with Crippen LogP contribution in [0, 0.1) is 0 Å². The SMILES string of the molecule is CSC(C)(C)CNS(=O)(=O)c1cnc(N)c(Cl)c1. The Morgan fingerprint density at radius 3 is 2.67 bits per heavy atom. The fourth-order valence-electron chi connectivity index (χ4n) is 1.00. The first kappa shape index (κ1) is 15.6. The summed E-state index contributed by atoms with van der Waals surface area (Å²) in [6, 6.07) is 1.29. The van der Waals surface area contributed by atoms with Crippen molar-refractivity contribution in [3.05, 3.63) is 17.3 Å². The predicted octanol–water partition coefficient (Wildman–Crippen LogP) is 1.74. The van der Waals surface area contributed by atoms with Crippen LogP contribution in [-0.4, -0.2) is 30.9 Å². The van der Waals surface area contributed by atoms with Gasteiger partial charge in [0, 0.05) is 17.5 Å². The number of halogens is 1. The van der Waals surface area contributed by atoms with Crippen molar-refractivity contribution in [1.82, 2.24) is 9.71 Å². The Kier molecular flexibility index (Phi) is 4.88. The van der Waals surface area contributed by atoms with E-state index in [9.17, 15) is 8.42 Å². The highest BCUT2D eigenvalue weighted by Crippen LogP contribution is 2.22. The molecule has 0 unspecified atom stereocenters. The first-order valence-corrected chi connectivity index (χ1v) is 8.22. The van der Waals surface area contributed by atoms with Gasteiger partial charge in [-0.3, -0.25) is 0 Å². The van der Waals surface area contributed by atoms with Gasteiger partial charge >= 0.3 is 0 Å². The Labute approximate surface area is 117 Å². The third-order valence-corrected chi connectivity index (χ3v) is 5.32. The highest BCUT2D eigenvalue weighted by Gasteiger charge is 2.22. The van der Waals surface area contributed by atoms with Crippen LogP contribution in [0.3, 0.4) is 0 Å². The number of nitrogens with zero attached hydrogens (tertiary/aromatic N) is 1. The van der Waals surface area contributed by atoms with Gasteiger partial charge < -0.3 is 5.73 Å². The van der Waals surface area contributed by atoms with E-state index in [1.54, 1.807) is 11.8 Å². The maximum atomic E-state index is 12.0. The molecule has 0 amide bonds. The summed E-state index contributed by atoms with van der Waals surface area (Å²) in [5, 5.41) is 0.127. The largest absolute Gasteiger partial charge is 0.382 e. The van der Waals surface area contributed by atoms with Gasteiger partial charge in [0.25, 0.3) is 0 Å². The average molecular weight is 310 g/mol. The molecular formula is C10H16ClN3O2S2. The minimum atomic E-state index is -3.61. The van der Waals surface area contributed by atoms with Gasteiger partial charge in [-0.05, 0) is 26.2 Å². The van der Waals surface area contributed by atoms with Crippen LogP contribution in [-0.2, 0) is 10.0 Å². The Bertz CT molecular complexity index is 532. The van der Waals surface area contributed by atoms with Gasteiger partial charge in [0.15, 0.2) is 0 Å².